The molecular weight excluding hydrogens is 1050 g/mol. The van der Waals surface area contributed by atoms with E-state index in [0.717, 1.165) is 137 Å². The molecule has 6 N–H and O–H groups in total. The molecule has 3 radical (unpaired) electrons. The number of nitrogens with two attached hydrogens (primary N) is 2. The predicted molar refractivity (Wildman–Crippen MR) is 302 cm³/mol. The van der Waals surface area contributed by atoms with Gasteiger partial charge in [0.1, 0.15) is 51.2 Å². The van der Waals surface area contributed by atoms with Crippen molar-refractivity contribution in [3.8, 4) is 23.0 Å². The van der Waals surface area contributed by atoms with Gasteiger partial charge in [-0.25, -0.2) is 4.39 Å². The summed E-state index contributed by atoms with van der Waals surface area (Å²) in [7, 11) is 0. The first-order chi connectivity index (χ1) is 37.1. The number of nitro groups is 3. The Balaban J connectivity index is 0.000000168. The number of nitrogen functional groups attached to an aromatic ring is 2. The molecule has 81 heavy (non-hydrogen) atoms. The summed E-state index contributed by atoms with van der Waals surface area (Å²) in [6, 6.07) is 32.5. The van der Waals surface area contributed by atoms with Crippen LogP contribution in [0.4, 0.5) is 32.8 Å². The minimum atomic E-state index is -0.570. The van der Waals surface area contributed by atoms with Crippen LogP contribution in [0.15, 0.2) is 121 Å². The van der Waals surface area contributed by atoms with Gasteiger partial charge >= 0.3 is 29.6 Å². The van der Waals surface area contributed by atoms with Gasteiger partial charge in [0, 0.05) is 75.4 Å². The third-order valence-electron chi connectivity index (χ3n) is 18.1. The number of hydrogen-bond acceptors (Lipinski definition) is 14. The largest absolute Gasteiger partial charge is 1.00 e. The van der Waals surface area contributed by atoms with Crippen LogP contribution in [-0.2, 0) is 0 Å². The van der Waals surface area contributed by atoms with Gasteiger partial charge < -0.3 is 42.1 Å². The number of anilines is 2. The second-order valence-corrected chi connectivity index (χ2v) is 24.8. The van der Waals surface area contributed by atoms with Gasteiger partial charge in [-0.05, 0) is 217 Å². The van der Waals surface area contributed by atoms with Crippen LogP contribution < -0.4 is 60.0 Å². The fourth-order valence-corrected chi connectivity index (χ4v) is 16.7. The Bertz CT molecular complexity index is 2820. The molecule has 425 valence electrons. The van der Waals surface area contributed by atoms with Gasteiger partial charge in [-0.3, -0.25) is 30.3 Å². The molecule has 0 aliphatic heterocycles. The van der Waals surface area contributed by atoms with E-state index in [4.69, 9.17) is 30.4 Å². The number of non-ortho nitro benzene ring substituents is 3. The number of nitro benzene ring substituents is 3. The fraction of sp³-hybridized carbons (Fsp3) is 0.508. The van der Waals surface area contributed by atoms with E-state index in [1.165, 1.54) is 43.5 Å². The zero-order valence-corrected chi connectivity index (χ0v) is 47.2. The van der Waals surface area contributed by atoms with Crippen LogP contribution in [0.1, 0.15) is 124 Å². The monoisotopic (exact) mass is 1120 g/mol. The molecule has 0 heterocycles. The number of benzene rings is 5. The first kappa shape index (κ1) is 61.1. The molecule has 0 amide bonds. The van der Waals surface area contributed by atoms with Crippen molar-refractivity contribution >= 4 is 36.8 Å². The van der Waals surface area contributed by atoms with Gasteiger partial charge in [0.25, 0.3) is 17.1 Å². The second kappa shape index (κ2) is 23.7. The van der Waals surface area contributed by atoms with E-state index in [2.05, 4.69) is 0 Å². The molecule has 12 fully saturated rings. The average molecular weight is 1120 g/mol. The van der Waals surface area contributed by atoms with E-state index in [1.54, 1.807) is 24.3 Å². The van der Waals surface area contributed by atoms with Crippen molar-refractivity contribution in [1.82, 2.24) is 0 Å². The number of rotatable bonds is 11. The van der Waals surface area contributed by atoms with E-state index < -0.39 is 31.8 Å². The van der Waals surface area contributed by atoms with Crippen molar-refractivity contribution in [2.45, 2.75) is 157 Å². The molecule has 5 aromatic rings. The van der Waals surface area contributed by atoms with Crippen molar-refractivity contribution in [2.24, 2.45) is 35.5 Å². The van der Waals surface area contributed by atoms with Crippen LogP contribution in [0.5, 0.6) is 23.0 Å². The molecular formula is C61H73BFN5NaO12. The van der Waals surface area contributed by atoms with Crippen molar-refractivity contribution in [3.05, 3.63) is 157 Å². The number of hydrogen-bond donors (Lipinski definition) is 4. The molecule has 0 aromatic heterocycles. The van der Waals surface area contributed by atoms with Gasteiger partial charge in [0.2, 0.25) is 0 Å². The first-order valence-electron chi connectivity index (χ1n) is 27.4. The van der Waals surface area contributed by atoms with Gasteiger partial charge in [-0.2, -0.15) is 0 Å². The Morgan fingerprint density at radius 3 is 0.877 bits per heavy atom. The van der Waals surface area contributed by atoms with Gasteiger partial charge in [-0.1, -0.05) is 7.43 Å². The fourth-order valence-electron chi connectivity index (χ4n) is 16.7. The minimum Gasteiger partial charge on any atom is -1.00 e. The van der Waals surface area contributed by atoms with Crippen LogP contribution in [0.3, 0.4) is 0 Å². The minimum absolute atomic E-state index is 0. The van der Waals surface area contributed by atoms with E-state index >= 15 is 0 Å². The van der Waals surface area contributed by atoms with E-state index in [0.29, 0.717) is 53.4 Å². The van der Waals surface area contributed by atoms with Crippen molar-refractivity contribution in [3.63, 3.8) is 0 Å². The molecule has 0 saturated heterocycles. The smallest absolute Gasteiger partial charge is 1.00 e. The van der Waals surface area contributed by atoms with Crippen LogP contribution >= 0.6 is 0 Å². The summed E-state index contributed by atoms with van der Waals surface area (Å²) in [6.45, 7) is 0. The standard InChI is InChI=1S/C22H22N2O6.C22H26N2O2.C10H16O2.C6H4FNO2.CH4.B.Na.H/c25-23(26)17-1-5-19(6-2-17)29-21-10-15-9-16(11-21)13-22(12-15,14-21)30-20-7-3-18(4-8-20)24(27)28;23-17-1-5-19(6-2-17)25-21-10-15-9-16(11-21)13-22(12-15,14-21)26-20-7-3-18(24)4-8-20;11-9-2-7-1-8(4-9)5-10(12,3-7)6-9;7-5-1-3-6(4-2-5)8(9)10;;;;/h1-8,15-16H,9-14H2;1-8,15-16H,9-14,23-24H2;7-8,11-12H,1-6H2;1-4H;1H4;;;/q;;;;;;+1;-1. The van der Waals surface area contributed by atoms with Crippen LogP contribution in [-0.4, -0.2) is 67.0 Å². The predicted octanol–water partition coefficient (Wildman–Crippen LogP) is 9.62. The summed E-state index contributed by atoms with van der Waals surface area (Å²) in [5.74, 6) is 6.31. The summed E-state index contributed by atoms with van der Waals surface area (Å²) < 4.78 is 38.3. The summed E-state index contributed by atoms with van der Waals surface area (Å²) in [6.07, 6.45) is 18.3. The Kier molecular flexibility index (Phi) is 17.9. The average Bonchev–Trinajstić information content (AvgIpc) is 3.17. The van der Waals surface area contributed by atoms with Crippen LogP contribution in [0, 0.1) is 71.7 Å². The molecule has 5 aromatic carbocycles. The Morgan fingerprint density at radius 2 is 0.642 bits per heavy atom. The third-order valence-corrected chi connectivity index (χ3v) is 18.1. The van der Waals surface area contributed by atoms with Gasteiger partial charge in [0.05, 0.1) is 26.0 Å². The molecule has 0 spiro atoms. The van der Waals surface area contributed by atoms with Gasteiger partial charge in [0.15, 0.2) is 0 Å². The van der Waals surface area contributed by atoms with Crippen molar-refractivity contribution < 1.29 is 79.3 Å². The summed E-state index contributed by atoms with van der Waals surface area (Å²) in [4.78, 5) is 30.4. The molecule has 0 unspecified atom stereocenters. The molecule has 12 aliphatic rings. The molecule has 20 heteroatoms. The zero-order valence-electron chi connectivity index (χ0n) is 46.2. The molecule has 0 atom stereocenters. The Morgan fingerprint density at radius 1 is 0.420 bits per heavy atom. The van der Waals surface area contributed by atoms with Crippen LogP contribution in [0.25, 0.3) is 0 Å². The normalized spacial score (nSPS) is 33.1. The zero-order chi connectivity index (χ0) is 54.7. The van der Waals surface area contributed by atoms with Crippen molar-refractivity contribution in [1.29, 1.82) is 0 Å². The van der Waals surface area contributed by atoms with Crippen LogP contribution in [0.2, 0.25) is 0 Å². The summed E-state index contributed by atoms with van der Waals surface area (Å²) in [5.41, 5.74) is 11.3. The van der Waals surface area contributed by atoms with E-state index in [9.17, 15) is 44.9 Å². The maximum absolute atomic E-state index is 12.1. The maximum atomic E-state index is 12.1. The topological polar surface area (TPSA) is 259 Å². The Labute approximate surface area is 497 Å². The van der Waals surface area contributed by atoms with Gasteiger partial charge in [-0.15, -0.1) is 0 Å². The molecule has 12 bridgehead atoms. The number of halogens is 1. The molecule has 17 nitrogen and oxygen atoms in total. The number of ether oxygens (including phenoxy) is 4. The maximum Gasteiger partial charge on any atom is 1.00 e. The number of aliphatic hydroxyl groups is 2. The third kappa shape index (κ3) is 13.9. The Hall–Kier alpha value is -5.99. The molecule has 12 saturated carbocycles. The summed E-state index contributed by atoms with van der Waals surface area (Å²) in [5, 5.41) is 52.0. The van der Waals surface area contributed by atoms with E-state index in [1.807, 2.05) is 48.5 Å². The second-order valence-electron chi connectivity index (χ2n) is 24.8. The summed E-state index contributed by atoms with van der Waals surface area (Å²) >= 11 is 0. The molecule has 12 aliphatic carbocycles. The SMILES string of the molecule is C.Nc1ccc(OC23CC4CC(C2)CC(Oc2ccc(N)cc2)(C4)C3)cc1.O=[N+]([O-])c1ccc(F)cc1.O=[N+]([O-])c1ccc(OC23CC4CC(C2)CC(Oc2ccc([N+](=O)[O-])cc2)(C4)C3)cc1.OC12CC3CC(C1)CC(O)(C3)C2.[B].[H-].[Na+]. The first-order valence-corrected chi connectivity index (χ1v) is 27.4. The molecule has 17 rings (SSSR count). The quantitative estimate of drug-likeness (QED) is 0.0416. The van der Waals surface area contributed by atoms with E-state index in [-0.39, 0.29) is 86.3 Å². The van der Waals surface area contributed by atoms with Crippen molar-refractivity contribution in [2.75, 3.05) is 11.5 Å². The number of nitrogens with zero attached hydrogens (tertiary/aromatic N) is 3.